The van der Waals surface area contributed by atoms with Crippen molar-refractivity contribution in [2.75, 3.05) is 19.7 Å². The summed E-state index contributed by atoms with van der Waals surface area (Å²) in [4.78, 5) is 28.2. The van der Waals surface area contributed by atoms with Crippen molar-refractivity contribution >= 4 is 23.1 Å². The fourth-order valence-electron chi connectivity index (χ4n) is 2.98. The van der Waals surface area contributed by atoms with E-state index in [0.29, 0.717) is 11.1 Å². The van der Waals surface area contributed by atoms with Gasteiger partial charge in [-0.05, 0) is 26.0 Å². The highest BCUT2D eigenvalue weighted by atomic mass is 19.4. The van der Waals surface area contributed by atoms with E-state index in [2.05, 4.69) is 20.8 Å². The number of halogens is 3. The molecular weight excluding hydrogens is 417 g/mol. The Morgan fingerprint density at radius 1 is 1.16 bits per heavy atom. The number of rotatable bonds is 6. The van der Waals surface area contributed by atoms with E-state index >= 15 is 0 Å². The van der Waals surface area contributed by atoms with Gasteiger partial charge in [0.15, 0.2) is 0 Å². The van der Waals surface area contributed by atoms with Gasteiger partial charge in [-0.15, -0.1) is 0 Å². The summed E-state index contributed by atoms with van der Waals surface area (Å²) in [5, 5.41) is 9.12. The number of ether oxygens (including phenoxy) is 1. The van der Waals surface area contributed by atoms with Gasteiger partial charge in [-0.2, -0.15) is 13.2 Å². The van der Waals surface area contributed by atoms with Gasteiger partial charge in [-0.25, -0.2) is 9.78 Å². The molecule has 2 aromatic heterocycles. The number of hydrogen-bond acceptors (Lipinski definition) is 6. The number of benzene rings is 1. The molecule has 3 rings (SSSR count). The average molecular weight is 436 g/mol. The summed E-state index contributed by atoms with van der Waals surface area (Å²) < 4.78 is 50.2. The van der Waals surface area contributed by atoms with Crippen LogP contribution in [-0.4, -0.2) is 41.8 Å². The lowest BCUT2D eigenvalue weighted by Crippen LogP contribution is -2.35. The topological polar surface area (TPSA) is 106 Å². The van der Waals surface area contributed by atoms with E-state index in [0.717, 1.165) is 6.07 Å². The molecular formula is C20H19F3N4O4. The maximum Gasteiger partial charge on any atom is 0.417 e. The van der Waals surface area contributed by atoms with Gasteiger partial charge in [0.25, 0.3) is 11.6 Å². The zero-order chi connectivity index (χ0) is 22.6. The Balaban J connectivity index is 1.93. The van der Waals surface area contributed by atoms with E-state index in [1.165, 1.54) is 24.3 Å². The molecule has 1 aromatic carbocycles. The fourth-order valence-corrected chi connectivity index (χ4v) is 2.98. The normalized spacial score (nSPS) is 11.4. The molecule has 2 heterocycles. The summed E-state index contributed by atoms with van der Waals surface area (Å²) in [6, 6.07) is 6.19. The maximum atomic E-state index is 13.4. The third kappa shape index (κ3) is 4.93. The zero-order valence-corrected chi connectivity index (χ0v) is 16.7. The number of aromatic nitrogens is 2. The predicted octanol–water partition coefficient (Wildman–Crippen LogP) is 3.69. The molecule has 0 saturated heterocycles. The van der Waals surface area contributed by atoms with E-state index in [1.807, 2.05) is 0 Å². The molecule has 0 aliphatic heterocycles. The van der Waals surface area contributed by atoms with Gasteiger partial charge in [0, 0.05) is 18.7 Å². The maximum absolute atomic E-state index is 13.4. The summed E-state index contributed by atoms with van der Waals surface area (Å²) in [6.45, 7) is 3.63. The molecule has 2 N–H and O–H groups in total. The van der Waals surface area contributed by atoms with Crippen LogP contribution in [0.3, 0.4) is 0 Å². The van der Waals surface area contributed by atoms with Crippen LogP contribution < -0.4 is 10.6 Å². The van der Waals surface area contributed by atoms with Crippen LogP contribution in [0.2, 0.25) is 0 Å². The number of alkyl halides is 3. The highest BCUT2D eigenvalue weighted by molar-refractivity contribution is 6.07. The minimum absolute atomic E-state index is 0.0539. The number of pyridine rings is 1. The van der Waals surface area contributed by atoms with Crippen molar-refractivity contribution in [1.82, 2.24) is 20.8 Å². The van der Waals surface area contributed by atoms with Gasteiger partial charge in [0.1, 0.15) is 0 Å². The molecule has 11 heteroatoms. The average Bonchev–Trinajstić information content (AvgIpc) is 3.11. The van der Waals surface area contributed by atoms with E-state index in [4.69, 9.17) is 9.26 Å². The zero-order valence-electron chi connectivity index (χ0n) is 16.7. The number of nitrogens with one attached hydrogen (secondary N) is 2. The second kappa shape index (κ2) is 9.02. The van der Waals surface area contributed by atoms with Crippen LogP contribution in [0.1, 0.15) is 28.5 Å². The van der Waals surface area contributed by atoms with Crippen LogP contribution >= 0.6 is 0 Å². The standard InChI is InChI=1S/C20H19F3N4O4/c1-3-30-19(29)25-9-8-24-17(28)13-10-15(26-18-16(13)11(2)27-31-18)12-6-4-5-7-14(12)20(21,22)23/h4-7,10H,3,8-9H2,1-2H3,(H,24,28)(H,25,29). The molecule has 0 atom stereocenters. The summed E-state index contributed by atoms with van der Waals surface area (Å²) >= 11 is 0. The first kappa shape index (κ1) is 22.1. The monoisotopic (exact) mass is 436 g/mol. The van der Waals surface area contributed by atoms with Crippen molar-refractivity contribution in [1.29, 1.82) is 0 Å². The molecule has 0 aliphatic carbocycles. The second-order valence-electron chi connectivity index (χ2n) is 6.45. The summed E-state index contributed by atoms with van der Waals surface area (Å²) in [6.07, 6.45) is -5.23. The number of carbonyl (C=O) groups is 2. The van der Waals surface area contributed by atoms with Gasteiger partial charge in [-0.1, -0.05) is 23.4 Å². The van der Waals surface area contributed by atoms with Crippen molar-refractivity contribution in [3.05, 3.63) is 47.2 Å². The molecule has 0 fully saturated rings. The predicted molar refractivity (Wildman–Crippen MR) is 104 cm³/mol. The summed E-state index contributed by atoms with van der Waals surface area (Å²) in [7, 11) is 0. The molecule has 0 unspecified atom stereocenters. The minimum Gasteiger partial charge on any atom is -0.450 e. The Morgan fingerprint density at radius 3 is 2.58 bits per heavy atom. The minimum atomic E-state index is -4.61. The van der Waals surface area contributed by atoms with Crippen LogP contribution in [0.15, 0.2) is 34.9 Å². The lowest BCUT2D eigenvalue weighted by atomic mass is 10.0. The van der Waals surface area contributed by atoms with Crippen molar-refractivity contribution in [2.24, 2.45) is 0 Å². The summed E-state index contributed by atoms with van der Waals surface area (Å²) in [5.41, 5.74) is -0.778. The molecule has 0 radical (unpaired) electrons. The molecule has 164 valence electrons. The first-order valence-electron chi connectivity index (χ1n) is 9.34. The SMILES string of the molecule is CCOC(=O)NCCNC(=O)c1cc(-c2ccccc2C(F)(F)F)nc2onc(C)c12. The second-order valence-corrected chi connectivity index (χ2v) is 6.45. The fraction of sp³-hybridized carbons (Fsp3) is 0.300. The van der Waals surface area contributed by atoms with E-state index in [-0.39, 0.29) is 42.2 Å². The van der Waals surface area contributed by atoms with Gasteiger partial charge in [0.2, 0.25) is 0 Å². The Hall–Kier alpha value is -3.63. The van der Waals surface area contributed by atoms with Crippen molar-refractivity contribution in [3.8, 4) is 11.3 Å². The van der Waals surface area contributed by atoms with E-state index in [9.17, 15) is 22.8 Å². The highest BCUT2D eigenvalue weighted by Gasteiger charge is 2.34. The number of carbonyl (C=O) groups excluding carboxylic acids is 2. The molecule has 31 heavy (non-hydrogen) atoms. The van der Waals surface area contributed by atoms with E-state index < -0.39 is 23.7 Å². The van der Waals surface area contributed by atoms with Gasteiger partial charge in [-0.3, -0.25) is 4.79 Å². The number of fused-ring (bicyclic) bond motifs is 1. The number of alkyl carbamates (subject to hydrolysis) is 1. The number of aryl methyl sites for hydroxylation is 1. The first-order valence-corrected chi connectivity index (χ1v) is 9.34. The van der Waals surface area contributed by atoms with Crippen LogP contribution in [0.4, 0.5) is 18.0 Å². The number of amides is 2. The molecule has 0 spiro atoms. The lowest BCUT2D eigenvalue weighted by molar-refractivity contribution is -0.137. The highest BCUT2D eigenvalue weighted by Crippen LogP contribution is 2.37. The Morgan fingerprint density at radius 2 is 1.87 bits per heavy atom. The molecule has 0 bridgehead atoms. The number of hydrogen-bond donors (Lipinski definition) is 2. The Bertz CT molecular complexity index is 1110. The quantitative estimate of drug-likeness (QED) is 0.571. The van der Waals surface area contributed by atoms with Crippen molar-refractivity contribution < 1.29 is 32.0 Å². The first-order chi connectivity index (χ1) is 14.7. The molecule has 8 nitrogen and oxygen atoms in total. The molecule has 0 aliphatic rings. The van der Waals surface area contributed by atoms with Gasteiger partial charge in [0.05, 0.1) is 34.5 Å². The molecule has 2 amide bonds. The third-order valence-electron chi connectivity index (χ3n) is 4.33. The number of nitrogens with zero attached hydrogens (tertiary/aromatic N) is 2. The van der Waals surface area contributed by atoms with Crippen LogP contribution in [0.25, 0.3) is 22.4 Å². The largest absolute Gasteiger partial charge is 0.450 e. The third-order valence-corrected chi connectivity index (χ3v) is 4.33. The van der Waals surface area contributed by atoms with E-state index in [1.54, 1.807) is 13.8 Å². The van der Waals surface area contributed by atoms with Crippen LogP contribution in [-0.2, 0) is 10.9 Å². The van der Waals surface area contributed by atoms with Gasteiger partial charge < -0.3 is 19.9 Å². The van der Waals surface area contributed by atoms with Crippen molar-refractivity contribution in [2.45, 2.75) is 20.0 Å². The summed E-state index contributed by atoms with van der Waals surface area (Å²) in [5.74, 6) is -0.574. The lowest BCUT2D eigenvalue weighted by Gasteiger charge is -2.13. The molecule has 0 saturated carbocycles. The Labute approximate surface area is 174 Å². The smallest absolute Gasteiger partial charge is 0.417 e. The molecule has 3 aromatic rings. The van der Waals surface area contributed by atoms with Crippen molar-refractivity contribution in [3.63, 3.8) is 0 Å². The van der Waals surface area contributed by atoms with Crippen LogP contribution in [0, 0.1) is 6.92 Å². The Kier molecular flexibility index (Phi) is 6.42. The van der Waals surface area contributed by atoms with Gasteiger partial charge >= 0.3 is 12.3 Å². The van der Waals surface area contributed by atoms with Crippen LogP contribution in [0.5, 0.6) is 0 Å².